The minimum Gasteiger partial charge on any atom is -0.504 e. The van der Waals surface area contributed by atoms with Gasteiger partial charge >= 0.3 is 5.97 Å². The van der Waals surface area contributed by atoms with Crippen LogP contribution >= 0.6 is 0 Å². The zero-order chi connectivity index (χ0) is 23.1. The molecule has 2 aromatic carbocycles. The van der Waals surface area contributed by atoms with E-state index in [1.807, 2.05) is 0 Å². The number of primary amides is 1. The Morgan fingerprint density at radius 3 is 2.16 bits per heavy atom. The number of hydrogen-bond donors (Lipinski definition) is 4. The van der Waals surface area contributed by atoms with Gasteiger partial charge in [-0.1, -0.05) is 0 Å². The normalized spacial score (nSPS) is 11.9. The molecule has 0 spiro atoms. The number of esters is 1. The second-order valence-corrected chi connectivity index (χ2v) is 6.60. The topological polar surface area (TPSA) is 154 Å². The van der Waals surface area contributed by atoms with E-state index in [1.165, 1.54) is 44.6 Å². The number of methoxy groups -OCH3 is 2. The maximum Gasteiger partial charge on any atom is 0.330 e. The summed E-state index contributed by atoms with van der Waals surface area (Å²) in [5, 5.41) is 21.4. The highest BCUT2D eigenvalue weighted by atomic mass is 16.5. The van der Waals surface area contributed by atoms with Crippen molar-refractivity contribution in [2.45, 2.75) is 19.4 Å². The Kier molecular flexibility index (Phi) is 7.87. The quantitative estimate of drug-likeness (QED) is 0.349. The summed E-state index contributed by atoms with van der Waals surface area (Å²) in [5.41, 5.74) is 12.7. The lowest BCUT2D eigenvalue weighted by Crippen LogP contribution is -2.20. The molecule has 0 aromatic heterocycles. The van der Waals surface area contributed by atoms with Crippen molar-refractivity contribution in [3.05, 3.63) is 41.5 Å². The molecule has 2 aromatic rings. The van der Waals surface area contributed by atoms with Crippen LogP contribution in [0.1, 0.15) is 30.5 Å². The van der Waals surface area contributed by atoms with Gasteiger partial charge in [0.25, 0.3) is 0 Å². The Morgan fingerprint density at radius 1 is 1.03 bits per heavy atom. The van der Waals surface area contributed by atoms with Crippen LogP contribution in [0.3, 0.4) is 0 Å². The van der Waals surface area contributed by atoms with E-state index >= 15 is 0 Å². The number of carbonyl (C=O) groups is 2. The molecule has 0 saturated carbocycles. The molecule has 166 valence electrons. The third-order valence-corrected chi connectivity index (χ3v) is 4.47. The van der Waals surface area contributed by atoms with E-state index in [0.29, 0.717) is 11.1 Å². The largest absolute Gasteiger partial charge is 0.504 e. The highest BCUT2D eigenvalue weighted by molar-refractivity contribution is 5.89. The van der Waals surface area contributed by atoms with Crippen molar-refractivity contribution in [1.29, 1.82) is 0 Å². The summed E-state index contributed by atoms with van der Waals surface area (Å²) in [6.45, 7) is 1.93. The SMILES string of the molecule is CCOC(=O)/C=C/c1cc(OC)c(O)c(-c2cc(C(N)CC(N)=O)cc(OC)c2O)c1. The van der Waals surface area contributed by atoms with Crippen LogP contribution < -0.4 is 20.9 Å². The Bertz CT molecular complexity index is 1000. The first kappa shape index (κ1) is 23.6. The summed E-state index contributed by atoms with van der Waals surface area (Å²) >= 11 is 0. The number of phenolic OH excluding ortho intramolecular Hbond substituents is 2. The van der Waals surface area contributed by atoms with Crippen LogP contribution in [0.25, 0.3) is 17.2 Å². The molecular formula is C22H26N2O7. The van der Waals surface area contributed by atoms with Crippen LogP contribution in [0.4, 0.5) is 0 Å². The number of aromatic hydroxyl groups is 2. The maximum absolute atomic E-state index is 11.6. The Hall–Kier alpha value is -3.72. The van der Waals surface area contributed by atoms with Gasteiger partial charge in [-0.2, -0.15) is 0 Å². The number of hydrogen-bond acceptors (Lipinski definition) is 8. The molecular weight excluding hydrogens is 404 g/mol. The van der Waals surface area contributed by atoms with Crippen molar-refractivity contribution in [1.82, 2.24) is 0 Å². The summed E-state index contributed by atoms with van der Waals surface area (Å²) in [4.78, 5) is 22.9. The number of rotatable bonds is 9. The molecule has 0 aliphatic heterocycles. The molecule has 1 atom stereocenters. The van der Waals surface area contributed by atoms with Crippen molar-refractivity contribution in [2.24, 2.45) is 11.5 Å². The summed E-state index contributed by atoms with van der Waals surface area (Å²) in [6.07, 6.45) is 2.60. The molecule has 2 rings (SSSR count). The lowest BCUT2D eigenvalue weighted by Gasteiger charge is -2.18. The fourth-order valence-electron chi connectivity index (χ4n) is 2.98. The summed E-state index contributed by atoms with van der Waals surface area (Å²) in [7, 11) is 2.73. The fraction of sp³-hybridized carbons (Fsp3) is 0.273. The van der Waals surface area contributed by atoms with Gasteiger partial charge in [0.1, 0.15) is 0 Å². The van der Waals surface area contributed by atoms with E-state index in [-0.39, 0.29) is 47.2 Å². The molecule has 9 nitrogen and oxygen atoms in total. The van der Waals surface area contributed by atoms with Gasteiger partial charge in [0.2, 0.25) is 5.91 Å². The number of phenols is 2. The van der Waals surface area contributed by atoms with Crippen LogP contribution in [0, 0.1) is 0 Å². The lowest BCUT2D eigenvalue weighted by atomic mass is 9.94. The summed E-state index contributed by atoms with van der Waals surface area (Å²) < 4.78 is 15.3. The van der Waals surface area contributed by atoms with Crippen molar-refractivity contribution in [3.63, 3.8) is 0 Å². The smallest absolute Gasteiger partial charge is 0.330 e. The molecule has 0 saturated heterocycles. The van der Waals surface area contributed by atoms with E-state index in [1.54, 1.807) is 13.0 Å². The molecule has 0 bridgehead atoms. The van der Waals surface area contributed by atoms with Gasteiger partial charge in [0.15, 0.2) is 23.0 Å². The number of carbonyl (C=O) groups excluding carboxylic acids is 2. The molecule has 1 amide bonds. The van der Waals surface area contributed by atoms with Gasteiger partial charge in [-0.3, -0.25) is 4.79 Å². The highest BCUT2D eigenvalue weighted by Gasteiger charge is 2.21. The van der Waals surface area contributed by atoms with Crippen LogP contribution in [-0.4, -0.2) is 42.9 Å². The third kappa shape index (κ3) is 5.67. The monoisotopic (exact) mass is 430 g/mol. The molecule has 0 aliphatic rings. The molecule has 0 heterocycles. The number of benzene rings is 2. The van der Waals surface area contributed by atoms with E-state index in [0.717, 1.165) is 0 Å². The second kappa shape index (κ2) is 10.4. The molecule has 1 unspecified atom stereocenters. The summed E-state index contributed by atoms with van der Waals surface area (Å²) in [6, 6.07) is 5.34. The predicted molar refractivity (Wildman–Crippen MR) is 115 cm³/mol. The van der Waals surface area contributed by atoms with Crippen molar-refractivity contribution in [2.75, 3.05) is 20.8 Å². The zero-order valence-corrected chi connectivity index (χ0v) is 17.5. The van der Waals surface area contributed by atoms with Crippen molar-refractivity contribution in [3.8, 4) is 34.1 Å². The van der Waals surface area contributed by atoms with E-state index in [4.69, 9.17) is 25.7 Å². The van der Waals surface area contributed by atoms with Gasteiger partial charge in [-0.25, -0.2) is 4.79 Å². The standard InChI is InChI=1S/C22H26N2O7/c1-4-31-20(26)6-5-12-7-14(21(27)17(8-12)29-2)15-9-13(16(23)11-19(24)25)10-18(30-3)22(15)28/h5-10,16,27-28H,4,11,23H2,1-3H3,(H2,24,25)/b6-5+. The third-order valence-electron chi connectivity index (χ3n) is 4.47. The number of nitrogens with two attached hydrogens (primary N) is 2. The zero-order valence-electron chi connectivity index (χ0n) is 17.5. The molecule has 0 aliphatic carbocycles. The Balaban J connectivity index is 2.66. The molecule has 9 heteroatoms. The van der Waals surface area contributed by atoms with Crippen LogP contribution in [0.5, 0.6) is 23.0 Å². The van der Waals surface area contributed by atoms with Gasteiger partial charge in [-0.15, -0.1) is 0 Å². The minimum absolute atomic E-state index is 0.0956. The van der Waals surface area contributed by atoms with Crippen LogP contribution in [-0.2, 0) is 14.3 Å². The number of amides is 1. The maximum atomic E-state index is 11.6. The van der Waals surface area contributed by atoms with Crippen molar-refractivity contribution >= 4 is 18.0 Å². The minimum atomic E-state index is -0.748. The first-order valence-corrected chi connectivity index (χ1v) is 9.42. The van der Waals surface area contributed by atoms with Gasteiger partial charge in [-0.05, 0) is 48.4 Å². The average molecular weight is 430 g/mol. The fourth-order valence-corrected chi connectivity index (χ4v) is 2.98. The van der Waals surface area contributed by atoms with E-state index in [2.05, 4.69) is 0 Å². The lowest BCUT2D eigenvalue weighted by molar-refractivity contribution is -0.137. The highest BCUT2D eigenvalue weighted by Crippen LogP contribution is 2.46. The Labute approximate surface area is 179 Å². The van der Waals surface area contributed by atoms with Gasteiger partial charge < -0.3 is 35.9 Å². The van der Waals surface area contributed by atoms with E-state index < -0.39 is 17.9 Å². The molecule has 31 heavy (non-hydrogen) atoms. The number of ether oxygens (including phenoxy) is 3. The van der Waals surface area contributed by atoms with Crippen LogP contribution in [0.15, 0.2) is 30.3 Å². The molecule has 6 N–H and O–H groups in total. The van der Waals surface area contributed by atoms with Gasteiger partial charge in [0.05, 0.1) is 20.8 Å². The Morgan fingerprint density at radius 2 is 1.61 bits per heavy atom. The summed E-state index contributed by atoms with van der Waals surface area (Å²) in [5.74, 6) is -1.39. The first-order valence-electron chi connectivity index (χ1n) is 9.42. The average Bonchev–Trinajstić information content (AvgIpc) is 2.73. The van der Waals surface area contributed by atoms with Crippen molar-refractivity contribution < 1.29 is 34.0 Å². The molecule has 0 fully saturated rings. The van der Waals surface area contributed by atoms with E-state index in [9.17, 15) is 19.8 Å². The molecule has 0 radical (unpaired) electrons. The van der Waals surface area contributed by atoms with Crippen LogP contribution in [0.2, 0.25) is 0 Å². The van der Waals surface area contributed by atoms with Gasteiger partial charge in [0, 0.05) is 29.7 Å². The second-order valence-electron chi connectivity index (χ2n) is 6.60. The predicted octanol–water partition coefficient (Wildman–Crippen LogP) is 2.23. The first-order chi connectivity index (χ1) is 14.7.